The summed E-state index contributed by atoms with van der Waals surface area (Å²) in [5.41, 5.74) is 2.21. The van der Waals surface area contributed by atoms with E-state index >= 15 is 0 Å². The Labute approximate surface area is 145 Å². The fourth-order valence-corrected chi connectivity index (χ4v) is 3.75. The van der Waals surface area contributed by atoms with Crippen molar-refractivity contribution in [3.63, 3.8) is 0 Å². The van der Waals surface area contributed by atoms with Crippen LogP contribution in [-0.4, -0.2) is 19.8 Å². The molecule has 24 heavy (non-hydrogen) atoms. The smallest absolute Gasteiger partial charge is 0.395 e. The molecule has 0 aliphatic rings. The monoisotopic (exact) mass is 350 g/mol. The van der Waals surface area contributed by atoms with Crippen LogP contribution in [0.4, 0.5) is 0 Å². The van der Waals surface area contributed by atoms with E-state index in [9.17, 15) is 4.57 Å². The third kappa shape index (κ3) is 6.88. The molecule has 0 fully saturated rings. The summed E-state index contributed by atoms with van der Waals surface area (Å²) >= 11 is 0. The molecular weight excluding hydrogens is 323 g/mol. The minimum absolute atomic E-state index is 0.294. The molecule has 0 atom stereocenters. The number of ether oxygens (including phenoxy) is 1. The number of allylic oxidation sites excluding steroid dienone is 3. The van der Waals surface area contributed by atoms with Gasteiger partial charge in [-0.2, -0.15) is 0 Å². The molecule has 4 nitrogen and oxygen atoms in total. The van der Waals surface area contributed by atoms with Crippen molar-refractivity contribution < 1.29 is 18.3 Å². The molecule has 1 aromatic rings. The maximum atomic E-state index is 12.8. The first-order valence-electron chi connectivity index (χ1n) is 8.11. The zero-order chi connectivity index (χ0) is 17.8. The lowest BCUT2D eigenvalue weighted by Crippen LogP contribution is -2.04. The highest BCUT2D eigenvalue weighted by atomic mass is 31.2. The standard InChI is InChI=1S/C19H27O4P/c1-5-22-24(20,23-6-2)19(17(3)4)21-16-12-8-11-15-18-13-9-7-10-14-18/h7-15H,5-6,16H2,1-4H3/b12-8+,15-11+. The molecule has 0 bridgehead atoms. The van der Waals surface area contributed by atoms with Crippen LogP contribution in [0.5, 0.6) is 0 Å². The van der Waals surface area contributed by atoms with Gasteiger partial charge in [-0.3, -0.25) is 4.57 Å². The molecule has 1 aromatic carbocycles. The summed E-state index contributed by atoms with van der Waals surface area (Å²) in [6.07, 6.45) is 7.68. The maximum absolute atomic E-state index is 12.8. The molecule has 0 aliphatic carbocycles. The highest BCUT2D eigenvalue weighted by Gasteiger charge is 2.32. The van der Waals surface area contributed by atoms with Gasteiger partial charge >= 0.3 is 7.60 Å². The molecule has 0 radical (unpaired) electrons. The van der Waals surface area contributed by atoms with E-state index in [0.29, 0.717) is 25.3 Å². The number of rotatable bonds is 10. The van der Waals surface area contributed by atoms with Crippen LogP contribution < -0.4 is 0 Å². The minimum atomic E-state index is -3.38. The molecule has 5 heteroatoms. The predicted molar refractivity (Wildman–Crippen MR) is 99.8 cm³/mol. The van der Waals surface area contributed by atoms with Gasteiger partial charge in [-0.05, 0) is 44.9 Å². The molecular formula is C19H27O4P. The largest absolute Gasteiger partial charge is 0.482 e. The topological polar surface area (TPSA) is 44.8 Å². The Morgan fingerprint density at radius 3 is 2.21 bits per heavy atom. The van der Waals surface area contributed by atoms with Gasteiger partial charge in [0.05, 0.1) is 13.2 Å². The molecule has 1 rings (SSSR count). The lowest BCUT2D eigenvalue weighted by atomic mass is 10.2. The van der Waals surface area contributed by atoms with E-state index in [-0.39, 0.29) is 0 Å². The summed E-state index contributed by atoms with van der Waals surface area (Å²) in [5.74, 6) is 0. The van der Waals surface area contributed by atoms with Crippen molar-refractivity contribution in [1.29, 1.82) is 0 Å². The van der Waals surface area contributed by atoms with Crippen LogP contribution in [-0.2, 0) is 18.3 Å². The summed E-state index contributed by atoms with van der Waals surface area (Å²) in [4.78, 5) is 0. The van der Waals surface area contributed by atoms with E-state index in [1.807, 2.05) is 68.5 Å². The quantitative estimate of drug-likeness (QED) is 0.304. The third-order valence-corrected chi connectivity index (χ3v) is 5.20. The van der Waals surface area contributed by atoms with E-state index < -0.39 is 7.60 Å². The second-order valence-electron chi connectivity index (χ2n) is 5.15. The fraction of sp³-hybridized carbons (Fsp3) is 0.368. The fourth-order valence-electron chi connectivity index (χ4n) is 1.98. The Kier molecular flexibility index (Phi) is 9.39. The van der Waals surface area contributed by atoms with Gasteiger partial charge in [-0.25, -0.2) is 0 Å². The molecule has 0 amide bonds. The van der Waals surface area contributed by atoms with Crippen molar-refractivity contribution in [2.45, 2.75) is 27.7 Å². The number of hydrogen-bond acceptors (Lipinski definition) is 4. The second kappa shape index (κ2) is 11.0. The van der Waals surface area contributed by atoms with Gasteiger partial charge in [0, 0.05) is 0 Å². The highest BCUT2D eigenvalue weighted by Crippen LogP contribution is 2.57. The van der Waals surface area contributed by atoms with Gasteiger partial charge in [-0.1, -0.05) is 48.6 Å². The average molecular weight is 350 g/mol. The van der Waals surface area contributed by atoms with Gasteiger partial charge in [0.2, 0.25) is 5.50 Å². The van der Waals surface area contributed by atoms with Gasteiger partial charge in [0.15, 0.2) is 0 Å². The van der Waals surface area contributed by atoms with Crippen molar-refractivity contribution in [2.24, 2.45) is 0 Å². The minimum Gasteiger partial charge on any atom is -0.482 e. The molecule has 0 saturated carbocycles. The van der Waals surface area contributed by atoms with Crippen LogP contribution in [0.25, 0.3) is 6.08 Å². The number of benzene rings is 1. The predicted octanol–water partition coefficient (Wildman–Crippen LogP) is 5.79. The second-order valence-corrected chi connectivity index (χ2v) is 7.06. The first kappa shape index (κ1) is 20.4. The number of hydrogen-bond donors (Lipinski definition) is 0. The van der Waals surface area contributed by atoms with Crippen LogP contribution in [0, 0.1) is 0 Å². The van der Waals surface area contributed by atoms with Crippen molar-refractivity contribution in [3.8, 4) is 0 Å². The van der Waals surface area contributed by atoms with E-state index in [2.05, 4.69) is 0 Å². The molecule has 0 heterocycles. The molecule has 132 valence electrons. The first-order valence-corrected chi connectivity index (χ1v) is 9.66. The van der Waals surface area contributed by atoms with E-state index in [1.54, 1.807) is 13.8 Å². The van der Waals surface area contributed by atoms with Crippen molar-refractivity contribution in [1.82, 2.24) is 0 Å². The third-order valence-electron chi connectivity index (χ3n) is 2.93. The highest BCUT2D eigenvalue weighted by molar-refractivity contribution is 7.58. The zero-order valence-corrected chi connectivity index (χ0v) is 15.8. The van der Waals surface area contributed by atoms with Gasteiger partial charge in [-0.15, -0.1) is 0 Å². The molecule has 0 aromatic heterocycles. The SMILES string of the molecule is CCOP(=O)(OCC)C(OC/C=C/C=C/c1ccccc1)=C(C)C. The first-order chi connectivity index (χ1) is 11.5. The van der Waals surface area contributed by atoms with Crippen LogP contribution in [0.15, 0.2) is 59.6 Å². The van der Waals surface area contributed by atoms with Gasteiger partial charge in [0.25, 0.3) is 0 Å². The summed E-state index contributed by atoms with van der Waals surface area (Å²) in [6.45, 7) is 8.12. The Balaban J connectivity index is 2.64. The van der Waals surface area contributed by atoms with Crippen molar-refractivity contribution >= 4 is 13.7 Å². The molecule has 0 unspecified atom stereocenters. The molecule has 0 N–H and O–H groups in total. The molecule has 0 aliphatic heterocycles. The van der Waals surface area contributed by atoms with Crippen molar-refractivity contribution in [3.05, 3.63) is 65.2 Å². The van der Waals surface area contributed by atoms with Crippen LogP contribution in [0.2, 0.25) is 0 Å². The van der Waals surface area contributed by atoms with Crippen molar-refractivity contribution in [2.75, 3.05) is 19.8 Å². The average Bonchev–Trinajstić information content (AvgIpc) is 2.55. The Bertz CT molecular complexity index is 604. The zero-order valence-electron chi connectivity index (χ0n) is 14.9. The maximum Gasteiger partial charge on any atom is 0.395 e. The van der Waals surface area contributed by atoms with Crippen LogP contribution >= 0.6 is 7.60 Å². The summed E-state index contributed by atoms with van der Waals surface area (Å²) < 4.78 is 29.1. The lowest BCUT2D eigenvalue weighted by molar-refractivity contribution is 0.187. The Morgan fingerprint density at radius 2 is 1.67 bits per heavy atom. The summed E-state index contributed by atoms with van der Waals surface area (Å²) in [6, 6.07) is 10.0. The van der Waals surface area contributed by atoms with E-state index in [1.165, 1.54) is 0 Å². The Hall–Kier alpha value is -1.61. The molecule has 0 saturated heterocycles. The summed E-state index contributed by atoms with van der Waals surface area (Å²) in [5, 5.41) is 0. The van der Waals surface area contributed by atoms with E-state index in [4.69, 9.17) is 13.8 Å². The normalized spacial score (nSPS) is 12.0. The van der Waals surface area contributed by atoms with E-state index in [0.717, 1.165) is 11.1 Å². The lowest BCUT2D eigenvalue weighted by Gasteiger charge is -2.21. The molecule has 0 spiro atoms. The van der Waals surface area contributed by atoms with Crippen LogP contribution in [0.1, 0.15) is 33.3 Å². The Morgan fingerprint density at radius 1 is 1.04 bits per heavy atom. The summed E-state index contributed by atoms with van der Waals surface area (Å²) in [7, 11) is -3.38. The van der Waals surface area contributed by atoms with Crippen LogP contribution in [0.3, 0.4) is 0 Å². The van der Waals surface area contributed by atoms with Gasteiger partial charge < -0.3 is 13.8 Å². The van der Waals surface area contributed by atoms with Gasteiger partial charge in [0.1, 0.15) is 6.61 Å².